The summed E-state index contributed by atoms with van der Waals surface area (Å²) >= 11 is 0. The molecule has 0 aliphatic carbocycles. The Morgan fingerprint density at radius 2 is 1.72 bits per heavy atom. The van der Waals surface area contributed by atoms with E-state index in [2.05, 4.69) is 10.1 Å². The molecule has 0 bridgehead atoms. The molecule has 0 fully saturated rings. The minimum absolute atomic E-state index is 0.0655. The number of benzene rings is 2. The lowest BCUT2D eigenvalue weighted by Gasteiger charge is -2.12. The Morgan fingerprint density at radius 1 is 1.00 bits per heavy atom. The predicted molar refractivity (Wildman–Crippen MR) is 105 cm³/mol. The van der Waals surface area contributed by atoms with Gasteiger partial charge in [-0.25, -0.2) is 4.39 Å². The molecular weight excluding hydrogens is 375 g/mol. The van der Waals surface area contributed by atoms with Crippen molar-refractivity contribution in [3.8, 4) is 17.1 Å². The summed E-state index contributed by atoms with van der Waals surface area (Å²) in [5, 5.41) is 3.81. The third-order valence-electron chi connectivity index (χ3n) is 4.60. The summed E-state index contributed by atoms with van der Waals surface area (Å²) in [6.45, 7) is 3.70. The standard InChI is InChI=1S/C21H17FN4O3/c1-13-5-3-6-14(2)18(13)26-10-9-25(20(27)21(26)28)12-17-23-19(24-29-17)15-7-4-8-16(22)11-15/h3-11H,12H2,1-2H3. The van der Waals surface area contributed by atoms with E-state index in [1.807, 2.05) is 32.0 Å². The Kier molecular flexibility index (Phi) is 4.67. The van der Waals surface area contributed by atoms with E-state index in [-0.39, 0.29) is 18.3 Å². The van der Waals surface area contributed by atoms with E-state index in [0.29, 0.717) is 11.3 Å². The molecule has 8 heteroatoms. The molecule has 0 saturated carbocycles. The Morgan fingerprint density at radius 3 is 2.45 bits per heavy atom. The topological polar surface area (TPSA) is 82.9 Å². The van der Waals surface area contributed by atoms with Crippen molar-refractivity contribution in [2.45, 2.75) is 20.4 Å². The summed E-state index contributed by atoms with van der Waals surface area (Å²) in [6, 6.07) is 11.4. The van der Waals surface area contributed by atoms with Crippen LogP contribution in [-0.4, -0.2) is 19.3 Å². The molecule has 7 nitrogen and oxygen atoms in total. The molecule has 0 N–H and O–H groups in total. The van der Waals surface area contributed by atoms with Gasteiger partial charge in [-0.05, 0) is 37.1 Å². The van der Waals surface area contributed by atoms with Crippen LogP contribution in [-0.2, 0) is 6.54 Å². The molecule has 4 aromatic rings. The zero-order valence-corrected chi connectivity index (χ0v) is 15.8. The summed E-state index contributed by atoms with van der Waals surface area (Å²) in [5.41, 5.74) is 1.54. The van der Waals surface area contributed by atoms with Crippen LogP contribution in [0.25, 0.3) is 17.1 Å². The monoisotopic (exact) mass is 392 g/mol. The first-order valence-corrected chi connectivity index (χ1v) is 8.91. The van der Waals surface area contributed by atoms with E-state index in [9.17, 15) is 14.0 Å². The molecular formula is C21H17FN4O3. The number of para-hydroxylation sites is 1. The normalized spacial score (nSPS) is 11.0. The summed E-state index contributed by atoms with van der Waals surface area (Å²) in [4.78, 5) is 29.5. The van der Waals surface area contributed by atoms with Gasteiger partial charge >= 0.3 is 11.1 Å². The van der Waals surface area contributed by atoms with Gasteiger partial charge < -0.3 is 4.52 Å². The minimum Gasteiger partial charge on any atom is -0.337 e. The Balaban J connectivity index is 1.67. The quantitative estimate of drug-likeness (QED) is 0.499. The van der Waals surface area contributed by atoms with Crippen LogP contribution in [0.3, 0.4) is 0 Å². The minimum atomic E-state index is -0.708. The third kappa shape index (κ3) is 3.52. The summed E-state index contributed by atoms with van der Waals surface area (Å²) in [7, 11) is 0. The van der Waals surface area contributed by atoms with E-state index in [0.717, 1.165) is 11.1 Å². The maximum Gasteiger partial charge on any atom is 0.321 e. The second-order valence-corrected chi connectivity index (χ2v) is 6.67. The van der Waals surface area contributed by atoms with Gasteiger partial charge in [0.05, 0.1) is 5.69 Å². The summed E-state index contributed by atoms with van der Waals surface area (Å²) in [5.74, 6) is -0.0767. The number of rotatable bonds is 4. The second kappa shape index (κ2) is 7.31. The van der Waals surface area contributed by atoms with Crippen LogP contribution in [0.4, 0.5) is 4.39 Å². The van der Waals surface area contributed by atoms with Crippen LogP contribution in [0.5, 0.6) is 0 Å². The average molecular weight is 392 g/mol. The van der Waals surface area contributed by atoms with E-state index in [4.69, 9.17) is 4.52 Å². The second-order valence-electron chi connectivity index (χ2n) is 6.67. The van der Waals surface area contributed by atoms with Crippen molar-refractivity contribution in [1.82, 2.24) is 19.3 Å². The fourth-order valence-corrected chi connectivity index (χ4v) is 3.20. The molecule has 0 saturated heterocycles. The molecule has 0 radical (unpaired) electrons. The Labute approximate surface area is 164 Å². The fraction of sp³-hybridized carbons (Fsp3) is 0.143. The van der Waals surface area contributed by atoms with Gasteiger partial charge in [0.1, 0.15) is 12.4 Å². The molecule has 0 unspecified atom stereocenters. The highest BCUT2D eigenvalue weighted by atomic mass is 19.1. The number of nitrogens with zero attached hydrogens (tertiary/aromatic N) is 4. The smallest absolute Gasteiger partial charge is 0.321 e. The maximum absolute atomic E-state index is 13.4. The highest BCUT2D eigenvalue weighted by Crippen LogP contribution is 2.18. The van der Waals surface area contributed by atoms with Crippen molar-refractivity contribution in [2.75, 3.05) is 0 Å². The van der Waals surface area contributed by atoms with E-state index >= 15 is 0 Å². The first-order chi connectivity index (χ1) is 13.9. The zero-order valence-electron chi connectivity index (χ0n) is 15.8. The predicted octanol–water partition coefficient (Wildman–Crippen LogP) is 2.85. The molecule has 0 spiro atoms. The Bertz CT molecular complexity index is 1300. The highest BCUT2D eigenvalue weighted by Gasteiger charge is 2.14. The highest BCUT2D eigenvalue weighted by molar-refractivity contribution is 5.53. The van der Waals surface area contributed by atoms with Crippen LogP contribution in [0.15, 0.2) is 69.0 Å². The maximum atomic E-state index is 13.4. The average Bonchev–Trinajstić information content (AvgIpc) is 3.16. The van der Waals surface area contributed by atoms with Gasteiger partial charge in [0, 0.05) is 18.0 Å². The number of aryl methyl sites for hydroxylation is 2. The third-order valence-corrected chi connectivity index (χ3v) is 4.60. The number of hydrogen-bond donors (Lipinski definition) is 0. The molecule has 146 valence electrons. The van der Waals surface area contributed by atoms with Crippen LogP contribution in [0.2, 0.25) is 0 Å². The number of aromatic nitrogens is 4. The first kappa shape index (κ1) is 18.5. The van der Waals surface area contributed by atoms with Crippen LogP contribution >= 0.6 is 0 Å². The molecule has 0 aliphatic heterocycles. The number of halogens is 1. The number of hydrogen-bond acceptors (Lipinski definition) is 5. The van der Waals surface area contributed by atoms with Gasteiger partial charge in [-0.1, -0.05) is 35.5 Å². The molecule has 2 heterocycles. The van der Waals surface area contributed by atoms with Gasteiger partial charge in [0.25, 0.3) is 0 Å². The van der Waals surface area contributed by atoms with E-state index in [1.54, 1.807) is 18.3 Å². The van der Waals surface area contributed by atoms with Crippen molar-refractivity contribution in [3.63, 3.8) is 0 Å². The molecule has 2 aromatic carbocycles. The Hall–Kier alpha value is -3.81. The SMILES string of the molecule is Cc1cccc(C)c1-n1ccn(Cc2nc(-c3cccc(F)c3)no2)c(=O)c1=O. The lowest BCUT2D eigenvalue weighted by Crippen LogP contribution is -2.40. The van der Waals surface area contributed by atoms with Crippen LogP contribution in [0, 0.1) is 19.7 Å². The molecule has 0 amide bonds. The van der Waals surface area contributed by atoms with Crippen molar-refractivity contribution in [3.05, 3.63) is 98.4 Å². The van der Waals surface area contributed by atoms with E-state index in [1.165, 1.54) is 27.5 Å². The first-order valence-electron chi connectivity index (χ1n) is 8.91. The molecule has 0 aliphatic rings. The summed E-state index contributed by atoms with van der Waals surface area (Å²) < 4.78 is 21.1. The van der Waals surface area contributed by atoms with Gasteiger partial charge in [0.15, 0.2) is 0 Å². The lowest BCUT2D eigenvalue weighted by atomic mass is 10.1. The molecule has 0 atom stereocenters. The largest absolute Gasteiger partial charge is 0.337 e. The van der Waals surface area contributed by atoms with Crippen LogP contribution in [0.1, 0.15) is 17.0 Å². The van der Waals surface area contributed by atoms with Crippen molar-refractivity contribution < 1.29 is 8.91 Å². The molecule has 2 aromatic heterocycles. The lowest BCUT2D eigenvalue weighted by molar-refractivity contribution is 0.369. The van der Waals surface area contributed by atoms with E-state index < -0.39 is 16.9 Å². The van der Waals surface area contributed by atoms with Crippen LogP contribution < -0.4 is 11.1 Å². The zero-order chi connectivity index (χ0) is 20.5. The van der Waals surface area contributed by atoms with Gasteiger partial charge in [-0.15, -0.1) is 0 Å². The summed E-state index contributed by atoms with van der Waals surface area (Å²) in [6.07, 6.45) is 3.05. The van der Waals surface area contributed by atoms with Gasteiger partial charge in [-0.2, -0.15) is 4.98 Å². The molecule has 4 rings (SSSR count). The molecule has 29 heavy (non-hydrogen) atoms. The van der Waals surface area contributed by atoms with Gasteiger partial charge in [0.2, 0.25) is 11.7 Å². The van der Waals surface area contributed by atoms with Crippen molar-refractivity contribution in [2.24, 2.45) is 0 Å². The fourth-order valence-electron chi connectivity index (χ4n) is 3.20. The van der Waals surface area contributed by atoms with Crippen molar-refractivity contribution >= 4 is 0 Å². The van der Waals surface area contributed by atoms with Crippen molar-refractivity contribution in [1.29, 1.82) is 0 Å². The van der Waals surface area contributed by atoms with Gasteiger partial charge in [-0.3, -0.25) is 18.7 Å².